The van der Waals surface area contributed by atoms with Crippen LogP contribution >= 0.6 is 0 Å². The van der Waals surface area contributed by atoms with Gasteiger partial charge in [0.25, 0.3) is 11.6 Å². The minimum absolute atomic E-state index is 0.00751. The summed E-state index contributed by atoms with van der Waals surface area (Å²) >= 11 is 0. The summed E-state index contributed by atoms with van der Waals surface area (Å²) in [5.74, 6) is 0.919. The first kappa shape index (κ1) is 16.2. The Balaban J connectivity index is 1.90. The zero-order valence-corrected chi connectivity index (χ0v) is 12.6. The van der Waals surface area contributed by atoms with Gasteiger partial charge in [-0.3, -0.25) is 14.9 Å². The van der Waals surface area contributed by atoms with Crippen molar-refractivity contribution in [1.29, 1.82) is 0 Å². The van der Waals surface area contributed by atoms with Crippen molar-refractivity contribution >= 4 is 11.6 Å². The minimum atomic E-state index is -0.477. The number of rotatable bonds is 5. The lowest BCUT2D eigenvalue weighted by atomic mass is 9.92. The van der Waals surface area contributed by atoms with Gasteiger partial charge in [0, 0.05) is 31.3 Å². The summed E-state index contributed by atoms with van der Waals surface area (Å²) in [6.45, 7) is 3.24. The first-order chi connectivity index (χ1) is 10.5. The van der Waals surface area contributed by atoms with E-state index in [0.717, 1.165) is 12.8 Å². The van der Waals surface area contributed by atoms with Crippen LogP contribution in [0.5, 0.6) is 5.75 Å². The Morgan fingerprint density at radius 1 is 1.45 bits per heavy atom. The molecule has 0 spiro atoms. The van der Waals surface area contributed by atoms with Crippen LogP contribution < -0.4 is 10.5 Å². The molecule has 1 fully saturated rings. The Kier molecular flexibility index (Phi) is 5.32. The van der Waals surface area contributed by atoms with Crippen molar-refractivity contribution in [1.82, 2.24) is 4.90 Å². The maximum absolute atomic E-state index is 12.3. The second-order valence-corrected chi connectivity index (χ2v) is 5.65. The smallest absolute Gasteiger partial charge is 0.269 e. The van der Waals surface area contributed by atoms with Crippen molar-refractivity contribution in [3.8, 4) is 5.75 Å². The molecular formula is C15H21N3O4. The lowest BCUT2D eigenvalue weighted by Gasteiger charge is -2.37. The zero-order valence-electron chi connectivity index (χ0n) is 12.6. The van der Waals surface area contributed by atoms with Gasteiger partial charge in [0.2, 0.25) is 0 Å². The van der Waals surface area contributed by atoms with Crippen LogP contribution in [0.25, 0.3) is 0 Å². The number of nitrogens with zero attached hydrogens (tertiary/aromatic N) is 2. The van der Waals surface area contributed by atoms with E-state index in [9.17, 15) is 14.9 Å². The van der Waals surface area contributed by atoms with Crippen LogP contribution in [0.1, 0.15) is 19.8 Å². The third kappa shape index (κ3) is 3.94. The molecule has 0 radical (unpaired) electrons. The van der Waals surface area contributed by atoms with Gasteiger partial charge in [-0.1, -0.05) is 6.92 Å². The summed E-state index contributed by atoms with van der Waals surface area (Å²) < 4.78 is 5.42. The number of ether oxygens (including phenoxy) is 1. The number of hydrogen-bond donors (Lipinski definition) is 1. The Morgan fingerprint density at radius 2 is 2.14 bits per heavy atom. The summed E-state index contributed by atoms with van der Waals surface area (Å²) in [5.41, 5.74) is 5.74. The van der Waals surface area contributed by atoms with Gasteiger partial charge in [0.15, 0.2) is 6.61 Å². The molecule has 1 aliphatic rings. The molecule has 0 aliphatic carbocycles. The van der Waals surface area contributed by atoms with E-state index in [1.54, 1.807) is 4.90 Å². The van der Waals surface area contributed by atoms with Crippen molar-refractivity contribution in [2.45, 2.75) is 25.8 Å². The Hall–Kier alpha value is -2.15. The van der Waals surface area contributed by atoms with Gasteiger partial charge < -0.3 is 15.4 Å². The van der Waals surface area contributed by atoms with E-state index in [4.69, 9.17) is 10.5 Å². The quantitative estimate of drug-likeness (QED) is 0.657. The molecule has 1 heterocycles. The molecule has 1 amide bonds. The van der Waals surface area contributed by atoms with Gasteiger partial charge in [-0.25, -0.2) is 0 Å². The topological polar surface area (TPSA) is 98.7 Å². The number of nitrogens with two attached hydrogens (primary N) is 1. The third-order valence-electron chi connectivity index (χ3n) is 3.98. The van der Waals surface area contributed by atoms with E-state index in [0.29, 0.717) is 24.8 Å². The molecule has 1 aromatic carbocycles. The minimum Gasteiger partial charge on any atom is -0.484 e. The van der Waals surface area contributed by atoms with Crippen molar-refractivity contribution in [3.63, 3.8) is 0 Å². The Labute approximate surface area is 129 Å². The van der Waals surface area contributed by atoms with Crippen molar-refractivity contribution < 1.29 is 14.5 Å². The van der Waals surface area contributed by atoms with Crippen LogP contribution in [0.4, 0.5) is 5.69 Å². The number of benzene rings is 1. The van der Waals surface area contributed by atoms with Crippen molar-refractivity contribution in [2.24, 2.45) is 11.7 Å². The summed E-state index contributed by atoms with van der Waals surface area (Å²) in [6.07, 6.45) is 1.89. The largest absolute Gasteiger partial charge is 0.484 e. The normalized spacial score (nSPS) is 21.5. The average molecular weight is 307 g/mol. The number of hydrogen-bond acceptors (Lipinski definition) is 5. The molecule has 7 heteroatoms. The maximum Gasteiger partial charge on any atom is 0.269 e. The second-order valence-electron chi connectivity index (χ2n) is 5.65. The fourth-order valence-corrected chi connectivity index (χ4v) is 2.70. The highest BCUT2D eigenvalue weighted by Crippen LogP contribution is 2.22. The number of non-ortho nitro benzene ring substituents is 1. The number of likely N-dealkylation sites (tertiary alicyclic amines) is 1. The predicted molar refractivity (Wildman–Crippen MR) is 81.5 cm³/mol. The number of nitro groups is 1. The lowest BCUT2D eigenvalue weighted by Crippen LogP contribution is -2.50. The molecule has 120 valence electrons. The van der Waals surface area contributed by atoms with Crippen LogP contribution in [0.3, 0.4) is 0 Å². The molecule has 2 atom stereocenters. The van der Waals surface area contributed by atoms with Crippen molar-refractivity contribution in [3.05, 3.63) is 34.4 Å². The van der Waals surface area contributed by atoms with E-state index < -0.39 is 4.92 Å². The van der Waals surface area contributed by atoms with E-state index >= 15 is 0 Å². The summed E-state index contributed by atoms with van der Waals surface area (Å²) in [7, 11) is 0. The van der Waals surface area contributed by atoms with Gasteiger partial charge >= 0.3 is 0 Å². The van der Waals surface area contributed by atoms with Gasteiger partial charge in [-0.2, -0.15) is 0 Å². The van der Waals surface area contributed by atoms with E-state index in [1.165, 1.54) is 24.3 Å². The van der Waals surface area contributed by atoms with E-state index in [2.05, 4.69) is 6.92 Å². The van der Waals surface area contributed by atoms with Gasteiger partial charge in [0.05, 0.1) is 4.92 Å². The number of carbonyl (C=O) groups excluding carboxylic acids is 1. The third-order valence-corrected chi connectivity index (χ3v) is 3.98. The fraction of sp³-hybridized carbons (Fsp3) is 0.533. The number of nitro benzene ring substituents is 1. The first-order valence-corrected chi connectivity index (χ1v) is 7.38. The molecule has 7 nitrogen and oxygen atoms in total. The monoisotopic (exact) mass is 307 g/mol. The first-order valence-electron chi connectivity index (χ1n) is 7.38. The maximum atomic E-state index is 12.3. The van der Waals surface area contributed by atoms with Crippen LogP contribution in [0, 0.1) is 16.0 Å². The van der Waals surface area contributed by atoms with Crippen LogP contribution in [-0.4, -0.2) is 41.5 Å². The number of piperidine rings is 1. The Morgan fingerprint density at radius 3 is 2.73 bits per heavy atom. The molecule has 0 saturated carbocycles. The van der Waals surface area contributed by atoms with E-state index in [-0.39, 0.29) is 24.2 Å². The summed E-state index contributed by atoms with van der Waals surface area (Å²) in [5, 5.41) is 10.6. The number of amides is 1. The molecule has 0 bridgehead atoms. The highest BCUT2D eigenvalue weighted by Gasteiger charge is 2.28. The highest BCUT2D eigenvalue weighted by atomic mass is 16.6. The van der Waals surface area contributed by atoms with Gasteiger partial charge in [0.1, 0.15) is 5.75 Å². The molecule has 1 aliphatic heterocycles. The SMILES string of the molecule is CC1CCN(C(=O)COc2ccc([N+](=O)[O-])cc2)C(CN)C1. The molecule has 2 unspecified atom stereocenters. The van der Waals surface area contributed by atoms with Crippen LogP contribution in [0.2, 0.25) is 0 Å². The Bertz CT molecular complexity index is 532. The summed E-state index contributed by atoms with van der Waals surface area (Å²) in [4.78, 5) is 24.1. The predicted octanol–water partition coefficient (Wildman–Crippen LogP) is 1.56. The molecule has 0 aromatic heterocycles. The summed E-state index contributed by atoms with van der Waals surface area (Å²) in [6, 6.07) is 5.75. The lowest BCUT2D eigenvalue weighted by molar-refractivity contribution is -0.384. The standard InChI is InChI=1S/C15H21N3O4/c1-11-6-7-17(13(8-11)9-16)15(19)10-22-14-4-2-12(3-5-14)18(20)21/h2-5,11,13H,6-10,16H2,1H3. The van der Waals surface area contributed by atoms with Gasteiger partial charge in [-0.15, -0.1) is 0 Å². The number of carbonyl (C=O) groups is 1. The molecule has 2 N–H and O–H groups in total. The second kappa shape index (κ2) is 7.22. The molecule has 2 rings (SSSR count). The fourth-order valence-electron chi connectivity index (χ4n) is 2.70. The van der Waals surface area contributed by atoms with Gasteiger partial charge in [-0.05, 0) is 30.9 Å². The van der Waals surface area contributed by atoms with Crippen LogP contribution in [0.15, 0.2) is 24.3 Å². The van der Waals surface area contributed by atoms with Crippen molar-refractivity contribution in [2.75, 3.05) is 19.7 Å². The molecule has 1 saturated heterocycles. The zero-order chi connectivity index (χ0) is 16.1. The van der Waals surface area contributed by atoms with Crippen LogP contribution in [-0.2, 0) is 4.79 Å². The van der Waals surface area contributed by atoms with E-state index in [1.807, 2.05) is 0 Å². The molecular weight excluding hydrogens is 286 g/mol. The average Bonchev–Trinajstić information content (AvgIpc) is 2.52. The highest BCUT2D eigenvalue weighted by molar-refractivity contribution is 5.78. The molecule has 22 heavy (non-hydrogen) atoms. The molecule has 1 aromatic rings.